The van der Waals surface area contributed by atoms with Gasteiger partial charge in [-0.15, -0.1) is 0 Å². The minimum atomic E-state index is -0.203. The number of aromatic amines is 1. The molecule has 4 rings (SSSR count). The molecule has 7 nitrogen and oxygen atoms in total. The molecule has 0 spiro atoms. The van der Waals surface area contributed by atoms with Gasteiger partial charge in [-0.1, -0.05) is 23.9 Å². The molecule has 2 amide bonds. The topological polar surface area (TPSA) is 96.1 Å². The quantitative estimate of drug-likeness (QED) is 0.401. The third-order valence-electron chi connectivity index (χ3n) is 4.49. The molecule has 1 aromatic heterocycles. The predicted octanol–water partition coefficient (Wildman–Crippen LogP) is 4.93. The maximum absolute atomic E-state index is 12.6. The minimum Gasteiger partial charge on any atom is -0.497 e. The summed E-state index contributed by atoms with van der Waals surface area (Å²) in [5.41, 5.74) is 2.06. The molecule has 0 aliphatic heterocycles. The highest BCUT2D eigenvalue weighted by molar-refractivity contribution is 7.99. The average molecular weight is 433 g/mol. The summed E-state index contributed by atoms with van der Waals surface area (Å²) in [5.74, 6) is 0.777. The van der Waals surface area contributed by atoms with E-state index in [0.29, 0.717) is 22.8 Å². The largest absolute Gasteiger partial charge is 0.497 e. The first-order chi connectivity index (χ1) is 15.0. The van der Waals surface area contributed by atoms with Crippen molar-refractivity contribution in [3.05, 3.63) is 72.3 Å². The molecule has 156 valence electrons. The van der Waals surface area contributed by atoms with Gasteiger partial charge in [0.1, 0.15) is 5.75 Å². The van der Waals surface area contributed by atoms with Gasteiger partial charge in [0.15, 0.2) is 5.82 Å². The fourth-order valence-electron chi connectivity index (χ4n) is 3.07. The van der Waals surface area contributed by atoms with Crippen molar-refractivity contribution in [3.8, 4) is 5.75 Å². The number of nitrogens with zero attached hydrogens (tertiary/aromatic N) is 1. The SMILES string of the molecule is COc1cccc(C(=O)Nc2cccc(Sc3ccc4c(NC(C)=O)n[nH]c4c3)c2)c1. The van der Waals surface area contributed by atoms with Crippen molar-refractivity contribution in [2.45, 2.75) is 16.7 Å². The Hall–Kier alpha value is -3.78. The molecule has 0 aliphatic rings. The summed E-state index contributed by atoms with van der Waals surface area (Å²) in [7, 11) is 1.57. The highest BCUT2D eigenvalue weighted by Gasteiger charge is 2.10. The minimum absolute atomic E-state index is 0.167. The lowest BCUT2D eigenvalue weighted by molar-refractivity contribution is -0.114. The van der Waals surface area contributed by atoms with Gasteiger partial charge >= 0.3 is 0 Å². The van der Waals surface area contributed by atoms with E-state index in [2.05, 4.69) is 20.8 Å². The summed E-state index contributed by atoms with van der Waals surface area (Å²) < 4.78 is 5.18. The van der Waals surface area contributed by atoms with Crippen molar-refractivity contribution in [1.29, 1.82) is 0 Å². The molecule has 8 heteroatoms. The van der Waals surface area contributed by atoms with Crippen molar-refractivity contribution >= 4 is 46.0 Å². The fourth-order valence-corrected chi connectivity index (χ4v) is 3.98. The first-order valence-corrected chi connectivity index (χ1v) is 10.3. The molecular weight excluding hydrogens is 412 g/mol. The molecule has 0 saturated heterocycles. The first kappa shape index (κ1) is 20.5. The third kappa shape index (κ3) is 4.87. The van der Waals surface area contributed by atoms with E-state index in [1.54, 1.807) is 43.1 Å². The molecule has 31 heavy (non-hydrogen) atoms. The van der Waals surface area contributed by atoms with Crippen LogP contribution in [0.25, 0.3) is 10.9 Å². The summed E-state index contributed by atoms with van der Waals surface area (Å²) in [5, 5.41) is 13.6. The number of ether oxygens (including phenoxy) is 1. The van der Waals surface area contributed by atoms with Crippen molar-refractivity contribution in [3.63, 3.8) is 0 Å². The van der Waals surface area contributed by atoms with Crippen LogP contribution >= 0.6 is 11.8 Å². The number of rotatable bonds is 6. The Morgan fingerprint density at radius 3 is 2.58 bits per heavy atom. The summed E-state index contributed by atoms with van der Waals surface area (Å²) in [4.78, 5) is 25.8. The van der Waals surface area contributed by atoms with Gasteiger partial charge in [0.05, 0.1) is 12.6 Å². The van der Waals surface area contributed by atoms with Crippen LogP contribution in [0.4, 0.5) is 11.5 Å². The van der Waals surface area contributed by atoms with Crippen LogP contribution in [0.5, 0.6) is 5.75 Å². The van der Waals surface area contributed by atoms with E-state index in [0.717, 1.165) is 20.7 Å². The summed E-state index contributed by atoms with van der Waals surface area (Å²) in [6.45, 7) is 1.45. The molecule has 0 aliphatic carbocycles. The second-order valence-electron chi connectivity index (χ2n) is 6.78. The first-order valence-electron chi connectivity index (χ1n) is 9.51. The normalized spacial score (nSPS) is 10.6. The van der Waals surface area contributed by atoms with Crippen LogP contribution in [-0.2, 0) is 4.79 Å². The smallest absolute Gasteiger partial charge is 0.255 e. The number of hydrogen-bond acceptors (Lipinski definition) is 5. The highest BCUT2D eigenvalue weighted by atomic mass is 32.2. The zero-order chi connectivity index (χ0) is 21.8. The fraction of sp³-hybridized carbons (Fsp3) is 0.0870. The van der Waals surface area contributed by atoms with Crippen molar-refractivity contribution in [2.75, 3.05) is 17.7 Å². The molecule has 0 fully saturated rings. The number of methoxy groups -OCH3 is 1. The second-order valence-corrected chi connectivity index (χ2v) is 7.92. The highest BCUT2D eigenvalue weighted by Crippen LogP contribution is 2.32. The maximum atomic E-state index is 12.6. The molecule has 0 atom stereocenters. The van der Waals surface area contributed by atoms with E-state index >= 15 is 0 Å². The Labute approximate surface area is 183 Å². The van der Waals surface area contributed by atoms with E-state index in [9.17, 15) is 9.59 Å². The lowest BCUT2D eigenvalue weighted by atomic mass is 10.2. The molecule has 0 bridgehead atoms. The van der Waals surface area contributed by atoms with Gasteiger partial charge in [0.2, 0.25) is 5.91 Å². The number of hydrogen-bond donors (Lipinski definition) is 3. The van der Waals surface area contributed by atoms with Crippen LogP contribution in [0, 0.1) is 0 Å². The van der Waals surface area contributed by atoms with E-state index in [4.69, 9.17) is 4.74 Å². The van der Waals surface area contributed by atoms with Crippen LogP contribution in [0.3, 0.4) is 0 Å². The van der Waals surface area contributed by atoms with Gasteiger partial charge < -0.3 is 15.4 Å². The number of nitrogens with one attached hydrogen (secondary N) is 3. The Kier molecular flexibility index (Phi) is 5.90. The molecule has 0 radical (unpaired) electrons. The Morgan fingerprint density at radius 1 is 0.968 bits per heavy atom. The number of H-pyrrole nitrogens is 1. The second kappa shape index (κ2) is 8.93. The average Bonchev–Trinajstić information content (AvgIpc) is 3.15. The number of benzene rings is 3. The van der Waals surface area contributed by atoms with Crippen LogP contribution in [0.1, 0.15) is 17.3 Å². The van der Waals surface area contributed by atoms with Gasteiger partial charge in [0.25, 0.3) is 5.91 Å². The summed E-state index contributed by atoms with van der Waals surface area (Å²) in [6, 6.07) is 20.5. The number of carbonyl (C=O) groups is 2. The Balaban J connectivity index is 1.49. The molecule has 1 heterocycles. The third-order valence-corrected chi connectivity index (χ3v) is 5.47. The van der Waals surface area contributed by atoms with E-state index in [1.807, 2.05) is 42.5 Å². The van der Waals surface area contributed by atoms with E-state index < -0.39 is 0 Å². The van der Waals surface area contributed by atoms with Crippen LogP contribution in [0.2, 0.25) is 0 Å². The Bertz CT molecular complexity index is 1270. The molecule has 4 aromatic rings. The van der Waals surface area contributed by atoms with Crippen molar-refractivity contribution in [1.82, 2.24) is 10.2 Å². The van der Waals surface area contributed by atoms with Gasteiger partial charge in [-0.2, -0.15) is 5.10 Å². The zero-order valence-corrected chi connectivity index (χ0v) is 17.7. The van der Waals surface area contributed by atoms with Crippen molar-refractivity contribution in [2.24, 2.45) is 0 Å². The van der Waals surface area contributed by atoms with E-state index in [1.165, 1.54) is 6.92 Å². The van der Waals surface area contributed by atoms with Crippen LogP contribution in [0.15, 0.2) is 76.5 Å². The van der Waals surface area contributed by atoms with Gasteiger partial charge in [0, 0.05) is 33.4 Å². The lowest BCUT2D eigenvalue weighted by Gasteiger charge is -2.09. The van der Waals surface area contributed by atoms with Crippen molar-refractivity contribution < 1.29 is 14.3 Å². The molecule has 0 unspecified atom stereocenters. The summed E-state index contributed by atoms with van der Waals surface area (Å²) >= 11 is 1.56. The number of amides is 2. The monoisotopic (exact) mass is 432 g/mol. The summed E-state index contributed by atoms with van der Waals surface area (Å²) in [6.07, 6.45) is 0. The van der Waals surface area contributed by atoms with E-state index in [-0.39, 0.29) is 11.8 Å². The van der Waals surface area contributed by atoms with Gasteiger partial charge in [-0.3, -0.25) is 14.7 Å². The molecule has 3 N–H and O–H groups in total. The molecular formula is C23H20N4O3S. The van der Waals surface area contributed by atoms with Gasteiger partial charge in [-0.05, 0) is 54.6 Å². The van der Waals surface area contributed by atoms with Crippen LogP contribution in [-0.4, -0.2) is 29.1 Å². The predicted molar refractivity (Wildman–Crippen MR) is 122 cm³/mol. The molecule has 3 aromatic carbocycles. The number of fused-ring (bicyclic) bond motifs is 1. The lowest BCUT2D eigenvalue weighted by Crippen LogP contribution is -2.11. The number of carbonyl (C=O) groups excluding carboxylic acids is 2. The standard InChI is InChI=1S/C23H20N4O3S/c1-14(28)24-22-20-10-9-19(13-21(20)26-27-22)31-18-8-4-6-16(12-18)25-23(29)15-5-3-7-17(11-15)30-2/h3-13H,1-2H3,(H,25,29)(H2,24,26,27,28). The van der Waals surface area contributed by atoms with Crippen LogP contribution < -0.4 is 15.4 Å². The maximum Gasteiger partial charge on any atom is 0.255 e. The van der Waals surface area contributed by atoms with Gasteiger partial charge in [-0.25, -0.2) is 0 Å². The number of aromatic nitrogens is 2. The zero-order valence-electron chi connectivity index (χ0n) is 16.9. The molecule has 0 saturated carbocycles. The number of anilines is 2. The Morgan fingerprint density at radius 2 is 1.77 bits per heavy atom.